The molecule has 1 aliphatic heterocycles. The van der Waals surface area contributed by atoms with E-state index < -0.39 is 0 Å². The van der Waals surface area contributed by atoms with E-state index in [0.717, 1.165) is 30.9 Å². The van der Waals surface area contributed by atoms with Crippen LogP contribution < -0.4 is 5.73 Å². The third-order valence-corrected chi connectivity index (χ3v) is 2.94. The maximum absolute atomic E-state index is 5.60. The third kappa shape index (κ3) is 3.07. The lowest BCUT2D eigenvalue weighted by Crippen LogP contribution is -2.31. The number of hydrogen-bond donors (Lipinski definition) is 1. The van der Waals surface area contributed by atoms with Crippen molar-refractivity contribution in [3.05, 3.63) is 35.7 Å². The monoisotopic (exact) mass is 217 g/mol. The van der Waals surface area contributed by atoms with Gasteiger partial charge in [-0.2, -0.15) is 0 Å². The van der Waals surface area contributed by atoms with Gasteiger partial charge in [0.15, 0.2) is 0 Å². The lowest BCUT2D eigenvalue weighted by atomic mass is 10.1. The molecule has 0 unspecified atom stereocenters. The van der Waals surface area contributed by atoms with Gasteiger partial charge in [0.05, 0.1) is 11.9 Å². The molecule has 0 saturated heterocycles. The van der Waals surface area contributed by atoms with Gasteiger partial charge in [0.25, 0.3) is 0 Å². The molecule has 2 rings (SSSR count). The normalized spacial score (nSPS) is 17.2. The van der Waals surface area contributed by atoms with Crippen LogP contribution in [-0.2, 0) is 6.42 Å². The van der Waals surface area contributed by atoms with Crippen LogP contribution in [-0.4, -0.2) is 29.5 Å². The first kappa shape index (κ1) is 11.1. The standard InChI is InChI=1S/C13H19N3/c1-11-3-2-7-16(10-11)8-6-13-5-4-12(14)9-15-13/h3-5,9H,2,6-8,10,14H2,1H3. The molecular formula is C13H19N3. The summed E-state index contributed by atoms with van der Waals surface area (Å²) in [7, 11) is 0. The number of aromatic nitrogens is 1. The van der Waals surface area contributed by atoms with Crippen molar-refractivity contribution in [2.75, 3.05) is 25.4 Å². The van der Waals surface area contributed by atoms with Crippen molar-refractivity contribution in [3.8, 4) is 0 Å². The summed E-state index contributed by atoms with van der Waals surface area (Å²) in [5.74, 6) is 0. The molecule has 0 spiro atoms. The lowest BCUT2D eigenvalue weighted by Gasteiger charge is -2.25. The number of hydrogen-bond acceptors (Lipinski definition) is 3. The van der Waals surface area contributed by atoms with Crippen LogP contribution in [0.5, 0.6) is 0 Å². The van der Waals surface area contributed by atoms with Crippen molar-refractivity contribution in [2.45, 2.75) is 19.8 Å². The fourth-order valence-corrected chi connectivity index (χ4v) is 2.04. The van der Waals surface area contributed by atoms with Crippen molar-refractivity contribution in [1.29, 1.82) is 0 Å². The van der Waals surface area contributed by atoms with Crippen molar-refractivity contribution < 1.29 is 0 Å². The highest BCUT2D eigenvalue weighted by Crippen LogP contribution is 2.09. The van der Waals surface area contributed by atoms with Crippen LogP contribution in [0.15, 0.2) is 30.0 Å². The number of nitrogens with two attached hydrogens (primary N) is 1. The first-order chi connectivity index (χ1) is 7.74. The molecule has 0 radical (unpaired) electrons. The minimum absolute atomic E-state index is 0.737. The number of nitrogen functional groups attached to an aromatic ring is 1. The number of rotatable bonds is 3. The Balaban J connectivity index is 1.83. The molecule has 2 N–H and O–H groups in total. The second-order valence-corrected chi connectivity index (χ2v) is 4.45. The highest BCUT2D eigenvalue weighted by molar-refractivity contribution is 5.34. The molecule has 0 saturated carbocycles. The Bertz CT molecular complexity index is 367. The summed E-state index contributed by atoms with van der Waals surface area (Å²) in [6, 6.07) is 3.94. The smallest absolute Gasteiger partial charge is 0.0501 e. The maximum atomic E-state index is 5.60. The van der Waals surface area contributed by atoms with E-state index in [2.05, 4.69) is 22.9 Å². The van der Waals surface area contributed by atoms with Crippen molar-refractivity contribution in [3.63, 3.8) is 0 Å². The van der Waals surface area contributed by atoms with Crippen LogP contribution in [0.2, 0.25) is 0 Å². The predicted octanol–water partition coefficient (Wildman–Crippen LogP) is 1.86. The molecule has 0 aliphatic carbocycles. The highest BCUT2D eigenvalue weighted by atomic mass is 15.1. The van der Waals surface area contributed by atoms with Crippen LogP contribution >= 0.6 is 0 Å². The van der Waals surface area contributed by atoms with E-state index >= 15 is 0 Å². The van der Waals surface area contributed by atoms with E-state index in [1.807, 2.05) is 12.1 Å². The van der Waals surface area contributed by atoms with E-state index in [4.69, 9.17) is 5.73 Å². The van der Waals surface area contributed by atoms with E-state index in [-0.39, 0.29) is 0 Å². The molecule has 0 fully saturated rings. The molecule has 1 aromatic rings. The Morgan fingerprint density at radius 2 is 2.31 bits per heavy atom. The van der Waals surface area contributed by atoms with Gasteiger partial charge in [0, 0.05) is 31.7 Å². The van der Waals surface area contributed by atoms with Gasteiger partial charge in [-0.3, -0.25) is 9.88 Å². The summed E-state index contributed by atoms with van der Waals surface area (Å²) >= 11 is 0. The van der Waals surface area contributed by atoms with Crippen LogP contribution in [0.3, 0.4) is 0 Å². The molecule has 1 aromatic heterocycles. The van der Waals surface area contributed by atoms with Gasteiger partial charge in [-0.05, 0) is 25.5 Å². The van der Waals surface area contributed by atoms with Crippen LogP contribution in [0, 0.1) is 0 Å². The Kier molecular flexibility index (Phi) is 3.57. The summed E-state index contributed by atoms with van der Waals surface area (Å²) in [4.78, 5) is 6.79. The number of anilines is 1. The van der Waals surface area contributed by atoms with Gasteiger partial charge >= 0.3 is 0 Å². The summed E-state index contributed by atoms with van der Waals surface area (Å²) in [6.07, 6.45) is 6.25. The van der Waals surface area contributed by atoms with E-state index in [1.54, 1.807) is 6.20 Å². The summed E-state index contributed by atoms with van der Waals surface area (Å²) in [5.41, 5.74) is 8.95. The molecule has 0 amide bonds. The Hall–Kier alpha value is -1.35. The van der Waals surface area contributed by atoms with E-state index in [9.17, 15) is 0 Å². The molecule has 3 nitrogen and oxygen atoms in total. The van der Waals surface area contributed by atoms with Gasteiger partial charge in [0.1, 0.15) is 0 Å². The Morgan fingerprint density at radius 1 is 1.44 bits per heavy atom. The Labute approximate surface area is 97.0 Å². The fourth-order valence-electron chi connectivity index (χ4n) is 2.04. The lowest BCUT2D eigenvalue weighted by molar-refractivity contribution is 0.293. The molecular weight excluding hydrogens is 198 g/mol. The first-order valence-corrected chi connectivity index (χ1v) is 5.82. The largest absolute Gasteiger partial charge is 0.397 e. The van der Waals surface area contributed by atoms with Crippen molar-refractivity contribution >= 4 is 5.69 Å². The molecule has 2 heterocycles. The van der Waals surface area contributed by atoms with E-state index in [1.165, 1.54) is 18.5 Å². The average molecular weight is 217 g/mol. The second-order valence-electron chi connectivity index (χ2n) is 4.45. The van der Waals surface area contributed by atoms with Crippen molar-refractivity contribution in [2.24, 2.45) is 0 Å². The molecule has 1 aliphatic rings. The number of nitrogens with zero attached hydrogens (tertiary/aromatic N) is 2. The van der Waals surface area contributed by atoms with Crippen LogP contribution in [0.25, 0.3) is 0 Å². The molecule has 3 heteroatoms. The van der Waals surface area contributed by atoms with Gasteiger partial charge in [0.2, 0.25) is 0 Å². The third-order valence-electron chi connectivity index (χ3n) is 2.94. The zero-order valence-corrected chi connectivity index (χ0v) is 9.82. The topological polar surface area (TPSA) is 42.1 Å². The molecule has 16 heavy (non-hydrogen) atoms. The zero-order chi connectivity index (χ0) is 11.4. The minimum Gasteiger partial charge on any atom is -0.397 e. The quantitative estimate of drug-likeness (QED) is 0.786. The summed E-state index contributed by atoms with van der Waals surface area (Å²) in [5, 5.41) is 0. The van der Waals surface area contributed by atoms with Crippen LogP contribution in [0.4, 0.5) is 5.69 Å². The van der Waals surface area contributed by atoms with Gasteiger partial charge < -0.3 is 5.73 Å². The summed E-state index contributed by atoms with van der Waals surface area (Å²) < 4.78 is 0. The fraction of sp³-hybridized carbons (Fsp3) is 0.462. The highest BCUT2D eigenvalue weighted by Gasteiger charge is 2.09. The SMILES string of the molecule is CC1=CCCN(CCc2ccc(N)cn2)C1. The van der Waals surface area contributed by atoms with Gasteiger partial charge in [-0.1, -0.05) is 11.6 Å². The minimum atomic E-state index is 0.737. The first-order valence-electron chi connectivity index (χ1n) is 5.82. The summed E-state index contributed by atoms with van der Waals surface area (Å²) in [6.45, 7) is 5.57. The molecule has 0 bridgehead atoms. The van der Waals surface area contributed by atoms with Gasteiger partial charge in [-0.25, -0.2) is 0 Å². The van der Waals surface area contributed by atoms with Gasteiger partial charge in [-0.15, -0.1) is 0 Å². The maximum Gasteiger partial charge on any atom is 0.0501 e. The van der Waals surface area contributed by atoms with Crippen molar-refractivity contribution in [1.82, 2.24) is 9.88 Å². The molecule has 0 atom stereocenters. The van der Waals surface area contributed by atoms with Crippen LogP contribution in [0.1, 0.15) is 19.0 Å². The predicted molar refractivity (Wildman–Crippen MR) is 67.2 cm³/mol. The molecule has 86 valence electrons. The number of pyridine rings is 1. The molecule has 0 aromatic carbocycles. The Morgan fingerprint density at radius 3 is 3.00 bits per heavy atom. The van der Waals surface area contributed by atoms with E-state index in [0.29, 0.717) is 0 Å². The average Bonchev–Trinajstić information content (AvgIpc) is 2.28. The second kappa shape index (κ2) is 5.12. The zero-order valence-electron chi connectivity index (χ0n) is 9.82.